The molecule has 5 nitrogen and oxygen atoms in total. The Morgan fingerprint density at radius 2 is 1.86 bits per heavy atom. The molecule has 0 saturated carbocycles. The maximum Gasteiger partial charge on any atom is 0.250 e. The summed E-state index contributed by atoms with van der Waals surface area (Å²) >= 11 is 0. The van der Waals surface area contributed by atoms with Gasteiger partial charge in [0.1, 0.15) is 5.75 Å². The van der Waals surface area contributed by atoms with Crippen molar-refractivity contribution in [2.24, 2.45) is 5.73 Å². The van der Waals surface area contributed by atoms with E-state index in [0.717, 1.165) is 19.6 Å². The minimum Gasteiger partial charge on any atom is -0.439 e. The maximum atomic E-state index is 11.1. The Bertz CT molecular complexity index is 924. The van der Waals surface area contributed by atoms with Crippen LogP contribution in [0.15, 0.2) is 72.9 Å². The smallest absolute Gasteiger partial charge is 0.250 e. The molecule has 0 spiro atoms. The highest BCUT2D eigenvalue weighted by atomic mass is 16.5. The Morgan fingerprint density at radius 1 is 1.07 bits per heavy atom. The minimum atomic E-state index is -0.500. The molecule has 2 N–H and O–H groups in total. The fourth-order valence-corrected chi connectivity index (χ4v) is 3.60. The highest BCUT2D eigenvalue weighted by molar-refractivity contribution is 5.92. The van der Waals surface area contributed by atoms with Crippen molar-refractivity contribution in [1.29, 1.82) is 0 Å². The molecular weight excluding hydrogens is 350 g/mol. The molecule has 28 heavy (non-hydrogen) atoms. The van der Waals surface area contributed by atoms with Gasteiger partial charge in [-0.15, -0.1) is 0 Å². The van der Waals surface area contributed by atoms with Gasteiger partial charge in [0.15, 0.2) is 0 Å². The second-order valence-electron chi connectivity index (χ2n) is 7.13. The zero-order valence-corrected chi connectivity index (χ0v) is 15.6. The van der Waals surface area contributed by atoms with Gasteiger partial charge in [-0.3, -0.25) is 9.69 Å². The first-order valence-corrected chi connectivity index (χ1v) is 9.47. The molecule has 1 atom stereocenters. The first-order chi connectivity index (χ1) is 13.7. The van der Waals surface area contributed by atoms with Crippen molar-refractivity contribution in [3.8, 4) is 11.6 Å². The SMILES string of the molecule is NC(=O)c1ccc(Oc2ccc(CN3CCC(c4ccccc4)C3)cc2)nc1. The van der Waals surface area contributed by atoms with E-state index in [9.17, 15) is 4.79 Å². The number of likely N-dealkylation sites (tertiary alicyclic amines) is 1. The predicted molar refractivity (Wildman–Crippen MR) is 108 cm³/mol. The summed E-state index contributed by atoms with van der Waals surface area (Å²) in [4.78, 5) is 17.7. The summed E-state index contributed by atoms with van der Waals surface area (Å²) in [7, 11) is 0. The molecule has 0 aliphatic carbocycles. The van der Waals surface area contributed by atoms with Crippen molar-refractivity contribution in [1.82, 2.24) is 9.88 Å². The summed E-state index contributed by atoms with van der Waals surface area (Å²) in [5.41, 5.74) is 8.28. The fraction of sp³-hybridized carbons (Fsp3) is 0.217. The van der Waals surface area contributed by atoms with Crippen LogP contribution >= 0.6 is 0 Å². The maximum absolute atomic E-state index is 11.1. The third kappa shape index (κ3) is 4.38. The molecule has 1 aliphatic rings. The van der Waals surface area contributed by atoms with Crippen molar-refractivity contribution in [2.75, 3.05) is 13.1 Å². The highest BCUT2D eigenvalue weighted by Gasteiger charge is 2.23. The standard InChI is InChI=1S/C23H23N3O2/c24-23(27)19-8-11-22(25-14-19)28-21-9-6-17(7-10-21)15-26-13-12-20(16-26)18-4-2-1-3-5-18/h1-11,14,20H,12-13,15-16H2,(H2,24,27). The van der Waals surface area contributed by atoms with Gasteiger partial charge < -0.3 is 10.5 Å². The van der Waals surface area contributed by atoms with E-state index in [1.165, 1.54) is 23.7 Å². The molecule has 4 rings (SSSR count). The number of aromatic nitrogens is 1. The van der Waals surface area contributed by atoms with Crippen LogP contribution in [0.3, 0.4) is 0 Å². The van der Waals surface area contributed by atoms with Crippen LogP contribution in [0.2, 0.25) is 0 Å². The first kappa shape index (κ1) is 18.2. The zero-order valence-electron chi connectivity index (χ0n) is 15.6. The van der Waals surface area contributed by atoms with E-state index in [0.29, 0.717) is 23.1 Å². The average Bonchev–Trinajstić information content (AvgIpc) is 3.19. The number of hydrogen-bond acceptors (Lipinski definition) is 4. The van der Waals surface area contributed by atoms with Gasteiger partial charge in [0.25, 0.3) is 0 Å². The summed E-state index contributed by atoms with van der Waals surface area (Å²) in [5.74, 6) is 1.27. The van der Waals surface area contributed by atoms with Crippen LogP contribution in [-0.2, 0) is 6.54 Å². The quantitative estimate of drug-likeness (QED) is 0.710. The minimum absolute atomic E-state index is 0.363. The van der Waals surface area contributed by atoms with Gasteiger partial charge in [0.2, 0.25) is 11.8 Å². The Balaban J connectivity index is 1.33. The molecule has 1 amide bonds. The number of benzene rings is 2. The number of nitrogens with two attached hydrogens (primary N) is 1. The van der Waals surface area contributed by atoms with Crippen molar-refractivity contribution < 1.29 is 9.53 Å². The van der Waals surface area contributed by atoms with Gasteiger partial charge >= 0.3 is 0 Å². The van der Waals surface area contributed by atoms with Crippen LogP contribution in [0.4, 0.5) is 0 Å². The predicted octanol–water partition coefficient (Wildman–Crippen LogP) is 3.96. The third-order valence-electron chi connectivity index (χ3n) is 5.12. The van der Waals surface area contributed by atoms with Gasteiger partial charge in [0, 0.05) is 25.4 Å². The van der Waals surface area contributed by atoms with Crippen molar-refractivity contribution in [3.63, 3.8) is 0 Å². The van der Waals surface area contributed by atoms with Crippen LogP contribution in [0.5, 0.6) is 11.6 Å². The summed E-state index contributed by atoms with van der Waals surface area (Å²) in [6, 6.07) is 22.1. The van der Waals surface area contributed by atoms with E-state index in [1.807, 2.05) is 12.1 Å². The summed E-state index contributed by atoms with van der Waals surface area (Å²) in [6.45, 7) is 3.15. The van der Waals surface area contributed by atoms with Gasteiger partial charge in [-0.1, -0.05) is 42.5 Å². The molecule has 1 aromatic heterocycles. The topological polar surface area (TPSA) is 68.5 Å². The van der Waals surface area contributed by atoms with Gasteiger partial charge in [-0.2, -0.15) is 0 Å². The second kappa shape index (κ2) is 8.23. The molecule has 1 aliphatic heterocycles. The first-order valence-electron chi connectivity index (χ1n) is 9.47. The molecule has 2 aromatic carbocycles. The number of primary amides is 1. The lowest BCUT2D eigenvalue weighted by atomic mass is 9.99. The number of pyridine rings is 1. The van der Waals surface area contributed by atoms with Gasteiger partial charge in [-0.05, 0) is 48.2 Å². The van der Waals surface area contributed by atoms with Crippen LogP contribution in [0.25, 0.3) is 0 Å². The van der Waals surface area contributed by atoms with Crippen LogP contribution in [0.1, 0.15) is 33.8 Å². The lowest BCUT2D eigenvalue weighted by molar-refractivity contribution is 0.1000. The lowest BCUT2D eigenvalue weighted by Crippen LogP contribution is -2.19. The number of amides is 1. The van der Waals surface area contributed by atoms with E-state index in [2.05, 4.69) is 52.3 Å². The van der Waals surface area contributed by atoms with Gasteiger partial charge in [0.05, 0.1) is 5.56 Å². The van der Waals surface area contributed by atoms with Crippen LogP contribution in [0, 0.1) is 0 Å². The normalized spacial score (nSPS) is 16.8. The molecule has 1 saturated heterocycles. The molecule has 1 fully saturated rings. The molecule has 0 bridgehead atoms. The Hall–Kier alpha value is -3.18. The Kier molecular flexibility index (Phi) is 5.35. The van der Waals surface area contributed by atoms with Crippen molar-refractivity contribution >= 4 is 5.91 Å². The molecule has 142 valence electrons. The fourth-order valence-electron chi connectivity index (χ4n) is 3.60. The number of carbonyl (C=O) groups excluding carboxylic acids is 1. The molecule has 1 unspecified atom stereocenters. The van der Waals surface area contributed by atoms with Gasteiger partial charge in [-0.25, -0.2) is 4.98 Å². The number of carbonyl (C=O) groups is 1. The Labute approximate surface area is 164 Å². The highest BCUT2D eigenvalue weighted by Crippen LogP contribution is 2.28. The molecule has 2 heterocycles. The van der Waals surface area contributed by atoms with E-state index in [-0.39, 0.29) is 0 Å². The lowest BCUT2D eigenvalue weighted by Gasteiger charge is -2.16. The van der Waals surface area contributed by atoms with E-state index in [4.69, 9.17) is 10.5 Å². The average molecular weight is 373 g/mol. The second-order valence-corrected chi connectivity index (χ2v) is 7.13. The summed E-state index contributed by atoms with van der Waals surface area (Å²) in [6.07, 6.45) is 2.63. The monoisotopic (exact) mass is 373 g/mol. The van der Waals surface area contributed by atoms with E-state index >= 15 is 0 Å². The Morgan fingerprint density at radius 3 is 2.54 bits per heavy atom. The molecular formula is C23H23N3O2. The summed E-state index contributed by atoms with van der Waals surface area (Å²) < 4.78 is 5.74. The number of nitrogens with zero attached hydrogens (tertiary/aromatic N) is 2. The van der Waals surface area contributed by atoms with Crippen LogP contribution in [-0.4, -0.2) is 28.9 Å². The third-order valence-corrected chi connectivity index (χ3v) is 5.12. The van der Waals surface area contributed by atoms with Crippen molar-refractivity contribution in [2.45, 2.75) is 18.9 Å². The summed E-state index contributed by atoms with van der Waals surface area (Å²) in [5, 5.41) is 0. The molecule has 5 heteroatoms. The number of rotatable bonds is 6. The van der Waals surface area contributed by atoms with E-state index < -0.39 is 5.91 Å². The van der Waals surface area contributed by atoms with Crippen molar-refractivity contribution in [3.05, 3.63) is 89.6 Å². The molecule has 3 aromatic rings. The largest absolute Gasteiger partial charge is 0.439 e. The molecule has 0 radical (unpaired) electrons. The zero-order chi connectivity index (χ0) is 19.3. The number of hydrogen-bond donors (Lipinski definition) is 1. The number of ether oxygens (including phenoxy) is 1. The van der Waals surface area contributed by atoms with E-state index in [1.54, 1.807) is 12.1 Å². The van der Waals surface area contributed by atoms with Crippen LogP contribution < -0.4 is 10.5 Å².